The van der Waals surface area contributed by atoms with Crippen molar-refractivity contribution in [3.8, 4) is 0 Å². The Morgan fingerprint density at radius 2 is 1.62 bits per heavy atom. The van der Waals surface area contributed by atoms with Gasteiger partial charge < -0.3 is 0 Å². The number of halogens is 3. The van der Waals surface area contributed by atoms with Crippen LogP contribution in [0.4, 0.5) is 5.69 Å². The van der Waals surface area contributed by atoms with Crippen molar-refractivity contribution < 1.29 is 4.79 Å². The van der Waals surface area contributed by atoms with E-state index >= 15 is 0 Å². The van der Waals surface area contributed by atoms with E-state index in [-0.39, 0.29) is 5.91 Å². The molecule has 1 amide bonds. The van der Waals surface area contributed by atoms with Crippen molar-refractivity contribution >= 4 is 80.1 Å². The monoisotopic (exact) mass is 537 g/mol. The number of hydrogen-bond donors (Lipinski definition) is 1. The fourth-order valence-electron chi connectivity index (χ4n) is 1.53. The zero-order chi connectivity index (χ0) is 15.4. The van der Waals surface area contributed by atoms with Gasteiger partial charge in [-0.2, -0.15) is 0 Å². The minimum absolute atomic E-state index is 0.211. The summed E-state index contributed by atoms with van der Waals surface area (Å²) >= 11 is 13.0. The van der Waals surface area contributed by atoms with Crippen molar-refractivity contribution in [2.75, 3.05) is 0 Å². The van der Waals surface area contributed by atoms with Crippen molar-refractivity contribution in [1.82, 2.24) is 5.32 Å². The summed E-state index contributed by atoms with van der Waals surface area (Å²) in [6.45, 7) is 0. The molecule has 0 unspecified atom stereocenters. The van der Waals surface area contributed by atoms with E-state index in [0.717, 1.165) is 13.4 Å². The minimum atomic E-state index is -0.211. The summed E-state index contributed by atoms with van der Waals surface area (Å²) in [4.78, 5) is 16.4. The van der Waals surface area contributed by atoms with Crippen LogP contribution in [0.25, 0.3) is 0 Å². The molecule has 2 aromatic rings. The van der Waals surface area contributed by atoms with Gasteiger partial charge in [-0.25, -0.2) is 0 Å². The van der Waals surface area contributed by atoms with E-state index in [1.165, 1.54) is 0 Å². The Morgan fingerprint density at radius 3 is 2.19 bits per heavy atom. The molecule has 2 aromatic carbocycles. The molecule has 0 aromatic heterocycles. The Kier molecular flexibility index (Phi) is 6.19. The van der Waals surface area contributed by atoms with Gasteiger partial charge in [0.15, 0.2) is 0 Å². The fourth-order valence-corrected chi connectivity index (χ4v) is 4.35. The van der Waals surface area contributed by atoms with E-state index in [1.807, 2.05) is 30.3 Å². The number of nitrogens with zero attached hydrogens (tertiary/aromatic N) is 1. The molecule has 1 radical (unpaired) electrons. The predicted octanol–water partition coefficient (Wildman–Crippen LogP) is 4.56. The van der Waals surface area contributed by atoms with Crippen LogP contribution in [0, 0.1) is 0 Å². The normalized spacial score (nSPS) is 11.3. The molecule has 0 bridgehead atoms. The second kappa shape index (κ2) is 7.70. The third-order valence-corrected chi connectivity index (χ3v) is 4.52. The summed E-state index contributed by atoms with van der Waals surface area (Å²) < 4.78 is 2.94. The van der Waals surface area contributed by atoms with Gasteiger partial charge >= 0.3 is 157 Å². The van der Waals surface area contributed by atoms with Gasteiger partial charge in [-0.3, -0.25) is 0 Å². The first kappa shape index (κ1) is 16.9. The van der Waals surface area contributed by atoms with Gasteiger partial charge in [0.05, 0.1) is 0 Å². The van der Waals surface area contributed by atoms with E-state index < -0.39 is 0 Å². The van der Waals surface area contributed by atoms with Gasteiger partial charge in [0, 0.05) is 0 Å². The van der Waals surface area contributed by atoms with Crippen LogP contribution in [-0.4, -0.2) is 26.7 Å². The zero-order valence-electron chi connectivity index (χ0n) is 10.4. The van der Waals surface area contributed by atoms with E-state index in [1.54, 1.807) is 12.1 Å². The number of carbonyl (C=O) groups excluding carboxylic acids is 1. The van der Waals surface area contributed by atoms with Gasteiger partial charge in [0.25, 0.3) is 0 Å². The summed E-state index contributed by atoms with van der Waals surface area (Å²) in [5.41, 5.74) is 1.27. The molecule has 0 heterocycles. The molecule has 0 aliphatic heterocycles. The Labute approximate surface area is 155 Å². The summed E-state index contributed by atoms with van der Waals surface area (Å²) in [7, 11) is 0. The number of aliphatic imine (C=N–C) groups is 1. The second-order valence-corrected chi connectivity index (χ2v) is 7.39. The maximum atomic E-state index is 12.0. The van der Waals surface area contributed by atoms with Gasteiger partial charge in [-0.15, -0.1) is 0 Å². The molecule has 1 N–H and O–H groups in total. The molecule has 3 nitrogen and oxygen atoms in total. The van der Waals surface area contributed by atoms with Crippen LogP contribution < -0.4 is 5.32 Å². The van der Waals surface area contributed by atoms with Crippen LogP contribution in [-0.2, 0) is 0 Å². The molecular weight excluding hydrogens is 531 g/mol. The van der Waals surface area contributed by atoms with Crippen molar-refractivity contribution in [1.29, 1.82) is 0 Å². The maximum absolute atomic E-state index is 12.0. The van der Waals surface area contributed by atoms with Gasteiger partial charge in [-0.1, -0.05) is 0 Å². The average molecular weight is 539 g/mol. The Bertz CT molecular complexity index is 682. The van der Waals surface area contributed by atoms with Crippen molar-refractivity contribution in [2.45, 2.75) is 0 Å². The molecule has 21 heavy (non-hydrogen) atoms. The standard InChI is InChI=1S/C14H8Br3N2OSe/c15-9-6-10(16)12(11(17)7-9)18-14(21)19-13(20)8-4-2-1-3-5-8/h1-7H,(H,18,19,20). The van der Waals surface area contributed by atoms with Gasteiger partial charge in [0.1, 0.15) is 0 Å². The van der Waals surface area contributed by atoms with Crippen LogP contribution in [0.15, 0.2) is 60.9 Å². The Balaban J connectivity index is 2.21. The topological polar surface area (TPSA) is 41.5 Å². The number of nitrogens with one attached hydrogen (secondary N) is 1. The van der Waals surface area contributed by atoms with Gasteiger partial charge in [-0.05, 0) is 0 Å². The number of rotatable bonds is 2. The molecule has 2 rings (SSSR count). The quantitative estimate of drug-likeness (QED) is 0.340. The van der Waals surface area contributed by atoms with E-state index in [2.05, 4.69) is 74.1 Å². The third-order valence-electron chi connectivity index (χ3n) is 2.45. The molecule has 0 spiro atoms. The molecule has 107 valence electrons. The van der Waals surface area contributed by atoms with E-state index in [0.29, 0.717) is 16.0 Å². The van der Waals surface area contributed by atoms with Gasteiger partial charge in [0.2, 0.25) is 0 Å². The molecule has 0 saturated carbocycles. The Hall–Kier alpha value is -0.461. The fraction of sp³-hybridized carbons (Fsp3) is 0. The number of hydrogen-bond acceptors (Lipinski definition) is 2. The van der Waals surface area contributed by atoms with Crippen molar-refractivity contribution in [3.05, 3.63) is 61.4 Å². The van der Waals surface area contributed by atoms with Crippen LogP contribution in [0.5, 0.6) is 0 Å². The SMILES string of the molecule is O=C(NC([Se])=Nc1c(Br)cc(Br)cc1Br)c1ccccc1. The zero-order valence-corrected chi connectivity index (χ0v) is 16.9. The van der Waals surface area contributed by atoms with Crippen LogP contribution in [0.1, 0.15) is 10.4 Å². The van der Waals surface area contributed by atoms with Crippen LogP contribution in [0.2, 0.25) is 0 Å². The van der Waals surface area contributed by atoms with Crippen molar-refractivity contribution in [2.24, 2.45) is 4.99 Å². The van der Waals surface area contributed by atoms with Crippen LogP contribution >= 0.6 is 47.8 Å². The van der Waals surface area contributed by atoms with E-state index in [9.17, 15) is 4.79 Å². The molecule has 0 fully saturated rings. The first-order chi connectivity index (χ1) is 9.97. The average Bonchev–Trinajstić information content (AvgIpc) is 2.43. The Morgan fingerprint density at radius 1 is 1.05 bits per heavy atom. The third kappa shape index (κ3) is 4.76. The molecule has 0 atom stereocenters. The molecular formula is C14H8Br3N2OSe. The van der Waals surface area contributed by atoms with E-state index in [4.69, 9.17) is 0 Å². The summed E-state index contributed by atoms with van der Waals surface area (Å²) in [6, 6.07) is 12.7. The number of amidine groups is 1. The molecule has 0 saturated heterocycles. The predicted molar refractivity (Wildman–Crippen MR) is 96.3 cm³/mol. The summed E-state index contributed by atoms with van der Waals surface area (Å²) in [6.07, 6.45) is 0. The van der Waals surface area contributed by atoms with Crippen LogP contribution in [0.3, 0.4) is 0 Å². The molecule has 7 heteroatoms. The second-order valence-electron chi connectivity index (χ2n) is 3.96. The first-order valence-electron chi connectivity index (χ1n) is 5.74. The number of amides is 1. The molecule has 0 aliphatic carbocycles. The van der Waals surface area contributed by atoms with Crippen molar-refractivity contribution in [3.63, 3.8) is 0 Å². The summed E-state index contributed by atoms with van der Waals surface area (Å²) in [5.74, 6) is -0.211. The number of carbonyl (C=O) groups is 1. The summed E-state index contributed by atoms with van der Waals surface area (Å²) in [5, 5.41) is 2.72. The number of benzene rings is 2. The molecule has 0 aliphatic rings. The first-order valence-corrected chi connectivity index (χ1v) is 8.97.